The summed E-state index contributed by atoms with van der Waals surface area (Å²) in [6.45, 7) is 5.90. The van der Waals surface area contributed by atoms with E-state index in [0.29, 0.717) is 23.4 Å². The van der Waals surface area contributed by atoms with Gasteiger partial charge in [0.1, 0.15) is 5.69 Å². The van der Waals surface area contributed by atoms with Crippen molar-refractivity contribution in [2.45, 2.75) is 45.8 Å². The third-order valence-corrected chi connectivity index (χ3v) is 3.28. The minimum Gasteiger partial charge on any atom is -0.484 e. The van der Waals surface area contributed by atoms with E-state index in [9.17, 15) is 10.1 Å². The molecule has 0 spiro atoms. The van der Waals surface area contributed by atoms with Crippen LogP contribution in [0.5, 0.6) is 5.75 Å². The first kappa shape index (κ1) is 13.6. The third kappa shape index (κ3) is 3.16. The Balaban J connectivity index is 2.23. The lowest BCUT2D eigenvalue weighted by Crippen LogP contribution is -2.34. The molecule has 0 amide bonds. The highest BCUT2D eigenvalue weighted by atomic mass is 16.6. The third-order valence-electron chi connectivity index (χ3n) is 3.28. The van der Waals surface area contributed by atoms with Crippen molar-refractivity contribution in [3.63, 3.8) is 0 Å². The van der Waals surface area contributed by atoms with Crippen LogP contribution in [-0.2, 0) is 0 Å². The van der Waals surface area contributed by atoms with E-state index < -0.39 is 0 Å². The van der Waals surface area contributed by atoms with E-state index in [2.05, 4.69) is 12.2 Å². The monoisotopic (exact) mass is 264 g/mol. The molecule has 1 aromatic carbocycles. The molecule has 1 N–H and O–H groups in total. The van der Waals surface area contributed by atoms with E-state index in [1.54, 1.807) is 18.2 Å². The van der Waals surface area contributed by atoms with Crippen LogP contribution in [-0.4, -0.2) is 17.1 Å². The average Bonchev–Trinajstić information content (AvgIpc) is 2.25. The summed E-state index contributed by atoms with van der Waals surface area (Å²) < 4.78 is 5.52. The van der Waals surface area contributed by atoms with Gasteiger partial charge < -0.3 is 10.1 Å². The number of para-hydroxylation sites is 1. The first-order chi connectivity index (χ1) is 8.97. The second kappa shape index (κ2) is 5.47. The summed E-state index contributed by atoms with van der Waals surface area (Å²) >= 11 is 0. The number of nitrogens with one attached hydrogen (secondary N) is 1. The van der Waals surface area contributed by atoms with Gasteiger partial charge in [0.2, 0.25) is 0 Å². The minimum atomic E-state index is -0.373. The van der Waals surface area contributed by atoms with Gasteiger partial charge in [0.15, 0.2) is 5.75 Å². The molecule has 0 saturated heterocycles. The zero-order chi connectivity index (χ0) is 14.0. The van der Waals surface area contributed by atoms with Crippen LogP contribution in [0.1, 0.15) is 33.6 Å². The molecule has 1 saturated carbocycles. The maximum Gasteiger partial charge on any atom is 0.333 e. The molecule has 0 aromatic heterocycles. The number of nitro benzene ring substituents is 1. The summed E-state index contributed by atoms with van der Waals surface area (Å²) in [6.07, 6.45) is 2.04. The van der Waals surface area contributed by atoms with E-state index in [1.807, 2.05) is 13.8 Å². The van der Waals surface area contributed by atoms with Crippen molar-refractivity contribution in [2.75, 3.05) is 5.32 Å². The predicted molar refractivity (Wildman–Crippen MR) is 74.7 cm³/mol. The van der Waals surface area contributed by atoms with Gasteiger partial charge in [0, 0.05) is 6.04 Å². The second-order valence-corrected chi connectivity index (χ2v) is 5.49. The number of rotatable bonds is 5. The summed E-state index contributed by atoms with van der Waals surface area (Å²) in [4.78, 5) is 10.9. The number of nitro groups is 1. The Bertz CT molecular complexity index is 468. The highest BCUT2D eigenvalue weighted by Gasteiger charge is 2.29. The Morgan fingerprint density at radius 3 is 2.63 bits per heavy atom. The fourth-order valence-corrected chi connectivity index (χ4v) is 2.42. The fraction of sp³-hybridized carbons (Fsp3) is 0.571. The molecule has 0 atom stereocenters. The second-order valence-electron chi connectivity index (χ2n) is 5.49. The molecule has 19 heavy (non-hydrogen) atoms. The van der Waals surface area contributed by atoms with Crippen molar-refractivity contribution >= 4 is 11.4 Å². The van der Waals surface area contributed by atoms with Crippen molar-refractivity contribution in [1.82, 2.24) is 0 Å². The lowest BCUT2D eigenvalue weighted by molar-refractivity contribution is -0.385. The van der Waals surface area contributed by atoms with E-state index >= 15 is 0 Å². The maximum atomic E-state index is 11.3. The van der Waals surface area contributed by atoms with Gasteiger partial charge in [-0.15, -0.1) is 0 Å². The van der Waals surface area contributed by atoms with Crippen molar-refractivity contribution in [1.29, 1.82) is 0 Å². The van der Waals surface area contributed by atoms with Gasteiger partial charge in [-0.2, -0.15) is 0 Å². The van der Waals surface area contributed by atoms with Crippen LogP contribution >= 0.6 is 0 Å². The fourth-order valence-electron chi connectivity index (χ4n) is 2.42. The normalized spacial score (nSPS) is 21.9. The molecule has 104 valence electrons. The van der Waals surface area contributed by atoms with Gasteiger partial charge in [0.05, 0.1) is 11.0 Å². The van der Waals surface area contributed by atoms with E-state index in [1.165, 1.54) is 0 Å². The summed E-state index contributed by atoms with van der Waals surface area (Å²) in [6, 6.07) is 5.51. The van der Waals surface area contributed by atoms with Crippen LogP contribution in [0.2, 0.25) is 0 Å². The quantitative estimate of drug-likeness (QED) is 0.652. The van der Waals surface area contributed by atoms with Crippen LogP contribution in [0, 0.1) is 16.0 Å². The largest absolute Gasteiger partial charge is 0.484 e. The Kier molecular flexibility index (Phi) is 3.93. The Morgan fingerprint density at radius 1 is 1.42 bits per heavy atom. The molecular formula is C14H20N2O3. The van der Waals surface area contributed by atoms with Crippen LogP contribution in [0.4, 0.5) is 11.4 Å². The lowest BCUT2D eigenvalue weighted by atomic mass is 9.82. The summed E-state index contributed by atoms with van der Waals surface area (Å²) in [5.41, 5.74) is 0.593. The Hall–Kier alpha value is -1.78. The number of hydrogen-bond acceptors (Lipinski definition) is 4. The number of ether oxygens (including phenoxy) is 1. The first-order valence-corrected chi connectivity index (χ1v) is 6.68. The van der Waals surface area contributed by atoms with Crippen molar-refractivity contribution in [3.05, 3.63) is 28.3 Å². The summed E-state index contributed by atoms with van der Waals surface area (Å²) in [5, 5.41) is 14.5. The smallest absolute Gasteiger partial charge is 0.333 e. The van der Waals surface area contributed by atoms with Gasteiger partial charge >= 0.3 is 5.69 Å². The summed E-state index contributed by atoms with van der Waals surface area (Å²) in [5.74, 6) is 1.03. The molecule has 0 bridgehead atoms. The van der Waals surface area contributed by atoms with Crippen LogP contribution < -0.4 is 10.1 Å². The Morgan fingerprint density at radius 2 is 2.11 bits per heavy atom. The van der Waals surface area contributed by atoms with Gasteiger partial charge in [-0.25, -0.2) is 0 Å². The van der Waals surface area contributed by atoms with Crippen LogP contribution in [0.15, 0.2) is 18.2 Å². The Labute approximate surface area is 113 Å². The molecule has 1 aliphatic carbocycles. The van der Waals surface area contributed by atoms with Crippen LogP contribution in [0.25, 0.3) is 0 Å². The molecule has 0 heterocycles. The SMILES string of the molecule is CC1CC(Nc2cccc(OC(C)C)c2[N+](=O)[O-])C1. The highest BCUT2D eigenvalue weighted by molar-refractivity contribution is 5.69. The van der Waals surface area contributed by atoms with Crippen molar-refractivity contribution < 1.29 is 9.66 Å². The predicted octanol–water partition coefficient (Wildman–Crippen LogP) is 3.59. The molecule has 0 aliphatic heterocycles. The van der Waals surface area contributed by atoms with Crippen molar-refractivity contribution in [2.24, 2.45) is 5.92 Å². The van der Waals surface area contributed by atoms with Crippen molar-refractivity contribution in [3.8, 4) is 5.75 Å². The topological polar surface area (TPSA) is 64.4 Å². The van der Waals surface area contributed by atoms with Gasteiger partial charge in [0.25, 0.3) is 0 Å². The zero-order valence-electron chi connectivity index (χ0n) is 11.6. The lowest BCUT2D eigenvalue weighted by Gasteiger charge is -2.34. The number of nitrogens with zero attached hydrogens (tertiary/aromatic N) is 1. The number of benzene rings is 1. The standard InChI is InChI=1S/C14H20N2O3/c1-9(2)19-13-6-4-5-12(14(13)16(17)18)15-11-7-10(3)8-11/h4-6,9-11,15H,7-8H2,1-3H3. The molecule has 5 nitrogen and oxygen atoms in total. The molecule has 0 unspecified atom stereocenters. The molecular weight excluding hydrogens is 244 g/mol. The average molecular weight is 264 g/mol. The first-order valence-electron chi connectivity index (χ1n) is 6.68. The van der Waals surface area contributed by atoms with Gasteiger partial charge in [-0.05, 0) is 44.7 Å². The molecule has 1 aromatic rings. The van der Waals surface area contributed by atoms with Gasteiger partial charge in [-0.3, -0.25) is 10.1 Å². The summed E-state index contributed by atoms with van der Waals surface area (Å²) in [7, 11) is 0. The highest BCUT2D eigenvalue weighted by Crippen LogP contribution is 2.38. The molecule has 0 radical (unpaired) electrons. The number of hydrogen-bond donors (Lipinski definition) is 1. The van der Waals surface area contributed by atoms with E-state index in [0.717, 1.165) is 12.8 Å². The van der Waals surface area contributed by atoms with Crippen LogP contribution in [0.3, 0.4) is 0 Å². The minimum absolute atomic E-state index is 0.0377. The molecule has 1 fully saturated rings. The van der Waals surface area contributed by atoms with E-state index in [4.69, 9.17) is 4.74 Å². The molecule has 5 heteroatoms. The van der Waals surface area contributed by atoms with Gasteiger partial charge in [-0.1, -0.05) is 13.0 Å². The zero-order valence-corrected chi connectivity index (χ0v) is 11.6. The molecule has 2 rings (SSSR count). The molecule has 1 aliphatic rings. The maximum absolute atomic E-state index is 11.3. The number of anilines is 1. The van der Waals surface area contributed by atoms with E-state index in [-0.39, 0.29) is 16.7 Å².